The van der Waals surface area contributed by atoms with Crippen LogP contribution in [0.1, 0.15) is 16.2 Å². The second-order valence-electron chi connectivity index (χ2n) is 5.45. The quantitative estimate of drug-likeness (QED) is 0.534. The molecule has 6 nitrogen and oxygen atoms in total. The molecule has 0 atom stereocenters. The second-order valence-corrected chi connectivity index (χ2v) is 5.45. The first-order valence-electron chi connectivity index (χ1n) is 7.49. The lowest BCUT2D eigenvalue weighted by molar-refractivity contribution is 0.105. The van der Waals surface area contributed by atoms with E-state index in [1.807, 2.05) is 62.6 Å². The summed E-state index contributed by atoms with van der Waals surface area (Å²) >= 11 is 0. The molecule has 0 N–H and O–H groups in total. The van der Waals surface area contributed by atoms with Crippen molar-refractivity contribution in [2.24, 2.45) is 0 Å². The van der Waals surface area contributed by atoms with Crippen LogP contribution in [0, 0.1) is 0 Å². The van der Waals surface area contributed by atoms with Crippen molar-refractivity contribution in [1.29, 1.82) is 0 Å². The van der Waals surface area contributed by atoms with Crippen molar-refractivity contribution in [3.05, 3.63) is 78.3 Å². The van der Waals surface area contributed by atoms with Crippen LogP contribution >= 0.6 is 0 Å². The molecule has 1 aromatic heterocycles. The van der Waals surface area contributed by atoms with Crippen LogP contribution in [0.5, 0.6) is 0 Å². The average molecular weight is 319 g/mol. The topological polar surface area (TPSA) is 63.9 Å². The Morgan fingerprint density at radius 2 is 1.62 bits per heavy atom. The molecule has 120 valence electrons. The molecule has 0 amide bonds. The van der Waals surface area contributed by atoms with E-state index in [2.05, 4.69) is 15.5 Å². The van der Waals surface area contributed by atoms with Crippen molar-refractivity contribution < 1.29 is 4.79 Å². The highest BCUT2D eigenvalue weighted by Gasteiger charge is 2.21. The van der Waals surface area contributed by atoms with E-state index >= 15 is 0 Å². The Labute approximate surface area is 140 Å². The number of aromatic nitrogens is 4. The summed E-state index contributed by atoms with van der Waals surface area (Å²) in [4.78, 5) is 14.8. The molecule has 0 fully saturated rings. The maximum Gasteiger partial charge on any atom is 0.198 e. The zero-order chi connectivity index (χ0) is 16.9. The third kappa shape index (κ3) is 3.22. The maximum absolute atomic E-state index is 13.0. The van der Waals surface area contributed by atoms with E-state index < -0.39 is 0 Å². The Morgan fingerprint density at radius 3 is 2.25 bits per heavy atom. The van der Waals surface area contributed by atoms with Gasteiger partial charge in [-0.1, -0.05) is 48.5 Å². The monoisotopic (exact) mass is 319 g/mol. The predicted molar refractivity (Wildman–Crippen MR) is 91.6 cm³/mol. The minimum atomic E-state index is -0.128. The SMILES string of the molecule is CN(C)/C=C(/C(=O)c1ccccc1)c1nnnn1-c1ccccc1. The summed E-state index contributed by atoms with van der Waals surface area (Å²) in [6, 6.07) is 18.6. The van der Waals surface area contributed by atoms with Crippen LogP contribution in [0.4, 0.5) is 0 Å². The number of allylic oxidation sites excluding steroid dienone is 1. The van der Waals surface area contributed by atoms with Crippen molar-refractivity contribution in [2.45, 2.75) is 0 Å². The van der Waals surface area contributed by atoms with Gasteiger partial charge in [0.2, 0.25) is 0 Å². The first kappa shape index (κ1) is 15.6. The summed E-state index contributed by atoms with van der Waals surface area (Å²) in [6.45, 7) is 0. The fraction of sp³-hybridized carbons (Fsp3) is 0.111. The van der Waals surface area contributed by atoms with Crippen LogP contribution in [0.3, 0.4) is 0 Å². The van der Waals surface area contributed by atoms with E-state index in [0.717, 1.165) is 5.69 Å². The van der Waals surface area contributed by atoms with Crippen molar-refractivity contribution >= 4 is 11.4 Å². The number of carbonyl (C=O) groups excluding carboxylic acids is 1. The standard InChI is InChI=1S/C18H17N5O/c1-22(2)13-16(17(24)14-9-5-3-6-10-14)18-19-20-21-23(18)15-11-7-4-8-12-15/h3-13H,1-2H3/b16-13-. The van der Waals surface area contributed by atoms with Gasteiger partial charge in [0.1, 0.15) is 0 Å². The smallest absolute Gasteiger partial charge is 0.198 e. The van der Waals surface area contributed by atoms with Gasteiger partial charge in [-0.25, -0.2) is 0 Å². The van der Waals surface area contributed by atoms with Crippen LogP contribution in [0.2, 0.25) is 0 Å². The van der Waals surface area contributed by atoms with Gasteiger partial charge in [0.15, 0.2) is 11.6 Å². The largest absolute Gasteiger partial charge is 0.383 e. The highest BCUT2D eigenvalue weighted by molar-refractivity contribution is 6.28. The molecule has 1 heterocycles. The zero-order valence-electron chi connectivity index (χ0n) is 13.5. The van der Waals surface area contributed by atoms with Gasteiger partial charge >= 0.3 is 0 Å². The molecule has 3 aromatic rings. The molecular weight excluding hydrogens is 302 g/mol. The van der Waals surface area contributed by atoms with Gasteiger partial charge in [-0.3, -0.25) is 4.79 Å². The number of rotatable bonds is 5. The predicted octanol–water partition coefficient (Wildman–Crippen LogP) is 2.45. The average Bonchev–Trinajstić information content (AvgIpc) is 3.10. The molecule has 0 saturated heterocycles. The Kier molecular flexibility index (Phi) is 4.47. The Hall–Kier alpha value is -3.28. The minimum Gasteiger partial charge on any atom is -0.383 e. The molecule has 2 aromatic carbocycles. The summed E-state index contributed by atoms with van der Waals surface area (Å²) in [7, 11) is 3.71. The number of carbonyl (C=O) groups is 1. The normalized spacial score (nSPS) is 11.3. The Balaban J connectivity index is 2.10. The van der Waals surface area contributed by atoms with Crippen molar-refractivity contribution in [3.8, 4) is 5.69 Å². The number of ketones is 1. The molecule has 0 aliphatic rings. The van der Waals surface area contributed by atoms with Crippen LogP contribution in [-0.2, 0) is 0 Å². The summed E-state index contributed by atoms with van der Waals surface area (Å²) < 4.78 is 1.57. The number of hydrogen-bond donors (Lipinski definition) is 0. The molecular formula is C18H17N5O. The van der Waals surface area contributed by atoms with Crippen LogP contribution < -0.4 is 0 Å². The van der Waals surface area contributed by atoms with Gasteiger partial charge in [-0.2, -0.15) is 4.68 Å². The molecule has 3 rings (SSSR count). The van der Waals surface area contributed by atoms with Gasteiger partial charge < -0.3 is 4.90 Å². The molecule has 6 heteroatoms. The van der Waals surface area contributed by atoms with E-state index in [1.165, 1.54) is 0 Å². The van der Waals surface area contributed by atoms with Crippen molar-refractivity contribution in [2.75, 3.05) is 14.1 Å². The van der Waals surface area contributed by atoms with E-state index in [-0.39, 0.29) is 5.78 Å². The Bertz CT molecular complexity index is 853. The number of Topliss-reactive ketones (excluding diaryl/α,β-unsaturated/α-hetero) is 1. The van der Waals surface area contributed by atoms with Gasteiger partial charge in [0, 0.05) is 25.9 Å². The van der Waals surface area contributed by atoms with Crippen LogP contribution in [0.15, 0.2) is 66.9 Å². The van der Waals surface area contributed by atoms with Gasteiger partial charge in [-0.15, -0.1) is 5.10 Å². The number of hydrogen-bond acceptors (Lipinski definition) is 5. The number of para-hydroxylation sites is 1. The van der Waals surface area contributed by atoms with Crippen LogP contribution in [-0.4, -0.2) is 45.0 Å². The molecule has 0 aliphatic carbocycles. The molecule has 0 aliphatic heterocycles. The molecule has 0 bridgehead atoms. The third-order valence-electron chi connectivity index (χ3n) is 3.38. The lowest BCUT2D eigenvalue weighted by atomic mass is 10.0. The first-order chi connectivity index (χ1) is 11.7. The summed E-state index contributed by atoms with van der Waals surface area (Å²) in [6.07, 6.45) is 1.74. The Morgan fingerprint density at radius 1 is 1.00 bits per heavy atom. The molecule has 0 radical (unpaired) electrons. The van der Waals surface area contributed by atoms with Crippen molar-refractivity contribution in [3.63, 3.8) is 0 Å². The van der Waals surface area contributed by atoms with Gasteiger partial charge in [0.05, 0.1) is 11.3 Å². The highest BCUT2D eigenvalue weighted by atomic mass is 16.1. The summed E-state index contributed by atoms with van der Waals surface area (Å²) in [5.74, 6) is 0.278. The molecule has 0 saturated carbocycles. The lowest BCUT2D eigenvalue weighted by Gasteiger charge is -2.11. The van der Waals surface area contributed by atoms with Gasteiger partial charge in [-0.05, 0) is 22.6 Å². The third-order valence-corrected chi connectivity index (χ3v) is 3.38. The first-order valence-corrected chi connectivity index (χ1v) is 7.49. The van der Waals surface area contributed by atoms with Crippen molar-refractivity contribution in [1.82, 2.24) is 25.1 Å². The fourth-order valence-electron chi connectivity index (χ4n) is 2.32. The number of tetrazole rings is 1. The van der Waals surface area contributed by atoms with E-state index in [0.29, 0.717) is 17.0 Å². The zero-order valence-corrected chi connectivity index (χ0v) is 13.5. The minimum absolute atomic E-state index is 0.128. The number of nitrogens with zero attached hydrogens (tertiary/aromatic N) is 5. The summed E-state index contributed by atoms with van der Waals surface area (Å²) in [5.41, 5.74) is 1.82. The van der Waals surface area contributed by atoms with E-state index in [9.17, 15) is 4.79 Å². The lowest BCUT2D eigenvalue weighted by Crippen LogP contribution is -2.13. The highest BCUT2D eigenvalue weighted by Crippen LogP contribution is 2.20. The molecule has 24 heavy (non-hydrogen) atoms. The second kappa shape index (κ2) is 6.87. The number of benzene rings is 2. The molecule has 0 unspecified atom stereocenters. The van der Waals surface area contributed by atoms with E-state index in [4.69, 9.17) is 0 Å². The fourth-order valence-corrected chi connectivity index (χ4v) is 2.32. The van der Waals surface area contributed by atoms with Gasteiger partial charge in [0.25, 0.3) is 0 Å². The molecule has 0 spiro atoms. The van der Waals surface area contributed by atoms with Crippen LogP contribution in [0.25, 0.3) is 11.3 Å². The maximum atomic E-state index is 13.0. The van der Waals surface area contributed by atoms with E-state index in [1.54, 1.807) is 27.9 Å². The summed E-state index contributed by atoms with van der Waals surface area (Å²) in [5, 5.41) is 11.9.